The molecule has 2 heterocycles. The molecule has 0 bridgehead atoms. The summed E-state index contributed by atoms with van der Waals surface area (Å²) >= 11 is 1.42. The molecule has 6 heteroatoms. The number of aromatic nitrogens is 1. The van der Waals surface area contributed by atoms with Crippen molar-refractivity contribution in [1.82, 2.24) is 4.98 Å². The number of carbonyl (C=O) groups excluding carboxylic acids is 1. The molecule has 1 aromatic carbocycles. The lowest BCUT2D eigenvalue weighted by molar-refractivity contribution is -0.117. The molecule has 1 aliphatic rings. The molecule has 1 amide bonds. The monoisotopic (exact) mass is 288 g/mol. The summed E-state index contributed by atoms with van der Waals surface area (Å²) < 4.78 is 0. The Balaban J connectivity index is 1.81. The Bertz CT molecular complexity index is 622. The molecule has 2 aromatic rings. The third-order valence-corrected chi connectivity index (χ3v) is 4.21. The molecule has 1 aromatic heterocycles. The maximum absolute atomic E-state index is 11.9. The van der Waals surface area contributed by atoms with Crippen molar-refractivity contribution >= 4 is 28.1 Å². The van der Waals surface area contributed by atoms with Crippen LogP contribution in [0.3, 0.4) is 0 Å². The molecule has 0 radical (unpaired) electrons. The standard InChI is InChI=1S/C14H16N4OS/c15-6-9-5-13(19)18(7-9)11-3-1-10(2-4-11)12-8-20-14(16)17-12/h1-4,8-9H,5-7,15H2,(H2,16,17). The Morgan fingerprint density at radius 2 is 2.10 bits per heavy atom. The van der Waals surface area contributed by atoms with Gasteiger partial charge in [0.15, 0.2) is 5.13 Å². The van der Waals surface area contributed by atoms with Crippen LogP contribution in [0, 0.1) is 5.92 Å². The van der Waals surface area contributed by atoms with Crippen molar-refractivity contribution in [3.63, 3.8) is 0 Å². The molecule has 0 saturated carbocycles. The molecule has 1 aliphatic heterocycles. The van der Waals surface area contributed by atoms with Crippen molar-refractivity contribution in [3.05, 3.63) is 29.6 Å². The van der Waals surface area contributed by atoms with E-state index in [9.17, 15) is 4.79 Å². The van der Waals surface area contributed by atoms with Crippen LogP contribution >= 0.6 is 11.3 Å². The molecule has 5 nitrogen and oxygen atoms in total. The third kappa shape index (κ3) is 2.39. The number of hydrogen-bond acceptors (Lipinski definition) is 5. The van der Waals surface area contributed by atoms with Gasteiger partial charge in [0.25, 0.3) is 0 Å². The summed E-state index contributed by atoms with van der Waals surface area (Å²) in [6, 6.07) is 7.82. The van der Waals surface area contributed by atoms with Crippen LogP contribution in [0.2, 0.25) is 0 Å². The highest BCUT2D eigenvalue weighted by Gasteiger charge is 2.29. The number of nitrogens with two attached hydrogens (primary N) is 2. The molecule has 3 rings (SSSR count). The maximum Gasteiger partial charge on any atom is 0.227 e. The summed E-state index contributed by atoms with van der Waals surface area (Å²) in [6.07, 6.45) is 0.543. The highest BCUT2D eigenvalue weighted by atomic mass is 32.1. The first-order chi connectivity index (χ1) is 9.67. The summed E-state index contributed by atoms with van der Waals surface area (Å²) in [5, 5.41) is 2.49. The van der Waals surface area contributed by atoms with Crippen molar-refractivity contribution in [3.8, 4) is 11.3 Å². The smallest absolute Gasteiger partial charge is 0.227 e. The Hall–Kier alpha value is -1.92. The van der Waals surface area contributed by atoms with Crippen LogP contribution in [0.15, 0.2) is 29.6 Å². The Morgan fingerprint density at radius 3 is 2.65 bits per heavy atom. The van der Waals surface area contributed by atoms with Crippen molar-refractivity contribution in [2.75, 3.05) is 23.7 Å². The Morgan fingerprint density at radius 1 is 1.35 bits per heavy atom. The molecule has 104 valence electrons. The second kappa shape index (κ2) is 5.22. The predicted octanol–water partition coefficient (Wildman–Crippen LogP) is 1.70. The zero-order chi connectivity index (χ0) is 14.1. The highest BCUT2D eigenvalue weighted by molar-refractivity contribution is 7.13. The molecular formula is C14H16N4OS. The number of thiazole rings is 1. The van der Waals surface area contributed by atoms with E-state index in [1.165, 1.54) is 11.3 Å². The Kier molecular flexibility index (Phi) is 3.42. The van der Waals surface area contributed by atoms with E-state index >= 15 is 0 Å². The first-order valence-electron chi connectivity index (χ1n) is 6.49. The normalized spacial score (nSPS) is 18.8. The van der Waals surface area contributed by atoms with E-state index in [0.29, 0.717) is 24.6 Å². The van der Waals surface area contributed by atoms with Crippen LogP contribution in [0.25, 0.3) is 11.3 Å². The fourth-order valence-corrected chi connectivity index (χ4v) is 2.99. The lowest BCUT2D eigenvalue weighted by Gasteiger charge is -2.16. The summed E-state index contributed by atoms with van der Waals surface area (Å²) in [4.78, 5) is 18.0. The quantitative estimate of drug-likeness (QED) is 0.900. The molecule has 1 saturated heterocycles. The van der Waals surface area contributed by atoms with Crippen LogP contribution in [-0.2, 0) is 4.79 Å². The zero-order valence-corrected chi connectivity index (χ0v) is 11.8. The van der Waals surface area contributed by atoms with Gasteiger partial charge in [-0.3, -0.25) is 4.79 Å². The van der Waals surface area contributed by atoms with Gasteiger partial charge in [0, 0.05) is 29.6 Å². The number of carbonyl (C=O) groups is 1. The highest BCUT2D eigenvalue weighted by Crippen LogP contribution is 2.28. The van der Waals surface area contributed by atoms with Gasteiger partial charge >= 0.3 is 0 Å². The third-order valence-electron chi connectivity index (χ3n) is 3.54. The number of hydrogen-bond donors (Lipinski definition) is 2. The van der Waals surface area contributed by atoms with Crippen LogP contribution < -0.4 is 16.4 Å². The minimum Gasteiger partial charge on any atom is -0.375 e. The summed E-state index contributed by atoms with van der Waals surface area (Å²) in [5.41, 5.74) is 14.1. The number of benzene rings is 1. The van der Waals surface area contributed by atoms with Crippen LogP contribution in [-0.4, -0.2) is 24.0 Å². The van der Waals surface area contributed by atoms with Crippen molar-refractivity contribution in [1.29, 1.82) is 0 Å². The van der Waals surface area contributed by atoms with Crippen LogP contribution in [0.4, 0.5) is 10.8 Å². The van der Waals surface area contributed by atoms with Gasteiger partial charge in [0.1, 0.15) is 0 Å². The molecular weight excluding hydrogens is 272 g/mol. The first kappa shape index (κ1) is 13.1. The van der Waals surface area contributed by atoms with E-state index in [-0.39, 0.29) is 11.8 Å². The lowest BCUT2D eigenvalue weighted by Crippen LogP contribution is -2.25. The average molecular weight is 288 g/mol. The van der Waals surface area contributed by atoms with Gasteiger partial charge in [-0.1, -0.05) is 12.1 Å². The number of anilines is 2. The molecule has 20 heavy (non-hydrogen) atoms. The van der Waals surface area contributed by atoms with E-state index in [1.54, 1.807) is 4.90 Å². The van der Waals surface area contributed by atoms with Crippen molar-refractivity contribution < 1.29 is 4.79 Å². The van der Waals surface area contributed by atoms with E-state index in [0.717, 1.165) is 16.9 Å². The number of nitrogens with zero attached hydrogens (tertiary/aromatic N) is 2. The van der Waals surface area contributed by atoms with Crippen molar-refractivity contribution in [2.24, 2.45) is 11.7 Å². The average Bonchev–Trinajstić information content (AvgIpc) is 3.05. The summed E-state index contributed by atoms with van der Waals surface area (Å²) in [7, 11) is 0. The van der Waals surface area contributed by atoms with Gasteiger partial charge in [-0.05, 0) is 24.6 Å². The molecule has 0 aliphatic carbocycles. The fraction of sp³-hybridized carbons (Fsp3) is 0.286. The Labute approximate surface area is 121 Å². The van der Waals surface area contributed by atoms with Gasteiger partial charge in [-0.15, -0.1) is 11.3 Å². The SMILES string of the molecule is NCC1CC(=O)N(c2ccc(-c3csc(N)n3)cc2)C1. The molecule has 1 atom stereocenters. The molecule has 0 spiro atoms. The topological polar surface area (TPSA) is 85.2 Å². The van der Waals surface area contributed by atoms with Gasteiger partial charge < -0.3 is 16.4 Å². The van der Waals surface area contributed by atoms with Gasteiger partial charge in [-0.25, -0.2) is 4.98 Å². The first-order valence-corrected chi connectivity index (χ1v) is 7.37. The fourth-order valence-electron chi connectivity index (χ4n) is 2.42. The molecule has 1 unspecified atom stereocenters. The number of rotatable bonds is 3. The molecule has 4 N–H and O–H groups in total. The lowest BCUT2D eigenvalue weighted by atomic mass is 10.1. The van der Waals surface area contributed by atoms with E-state index in [4.69, 9.17) is 11.5 Å². The molecule has 1 fully saturated rings. The predicted molar refractivity (Wildman–Crippen MR) is 81.5 cm³/mol. The van der Waals surface area contributed by atoms with E-state index < -0.39 is 0 Å². The minimum atomic E-state index is 0.145. The summed E-state index contributed by atoms with van der Waals surface area (Å²) in [5.74, 6) is 0.409. The van der Waals surface area contributed by atoms with Crippen LogP contribution in [0.1, 0.15) is 6.42 Å². The maximum atomic E-state index is 11.9. The van der Waals surface area contributed by atoms with Crippen molar-refractivity contribution in [2.45, 2.75) is 6.42 Å². The van der Waals surface area contributed by atoms with Crippen LogP contribution in [0.5, 0.6) is 0 Å². The van der Waals surface area contributed by atoms with Gasteiger partial charge in [0.05, 0.1) is 5.69 Å². The second-order valence-corrected chi connectivity index (χ2v) is 5.82. The minimum absolute atomic E-state index is 0.145. The van der Waals surface area contributed by atoms with E-state index in [1.807, 2.05) is 29.6 Å². The second-order valence-electron chi connectivity index (χ2n) is 4.93. The number of amides is 1. The number of nitrogen functional groups attached to an aromatic ring is 1. The van der Waals surface area contributed by atoms with Gasteiger partial charge in [-0.2, -0.15) is 0 Å². The largest absolute Gasteiger partial charge is 0.375 e. The summed E-state index contributed by atoms with van der Waals surface area (Å²) in [6.45, 7) is 1.26. The zero-order valence-electron chi connectivity index (χ0n) is 11.0. The van der Waals surface area contributed by atoms with E-state index in [2.05, 4.69) is 4.98 Å². The van der Waals surface area contributed by atoms with Gasteiger partial charge in [0.2, 0.25) is 5.91 Å².